The number of aryl methyl sites for hydroxylation is 2. The lowest BCUT2D eigenvalue weighted by molar-refractivity contribution is 0.474. The number of hydrogen-bond acceptors (Lipinski definition) is 2. The summed E-state index contributed by atoms with van der Waals surface area (Å²) in [5, 5.41) is 13.0. The third-order valence-electron chi connectivity index (χ3n) is 3.12. The third kappa shape index (κ3) is 2.83. The molecule has 18 heavy (non-hydrogen) atoms. The van der Waals surface area contributed by atoms with Crippen LogP contribution in [-0.2, 0) is 0 Å². The third-order valence-corrected chi connectivity index (χ3v) is 3.12. The van der Waals surface area contributed by atoms with Crippen molar-refractivity contribution in [2.45, 2.75) is 26.8 Å². The Kier molecular flexibility index (Phi) is 3.56. The van der Waals surface area contributed by atoms with Crippen LogP contribution in [-0.4, -0.2) is 5.11 Å². The summed E-state index contributed by atoms with van der Waals surface area (Å²) in [5.41, 5.74) is 4.72. The summed E-state index contributed by atoms with van der Waals surface area (Å²) in [6.07, 6.45) is 0. The van der Waals surface area contributed by atoms with Crippen molar-refractivity contribution in [3.8, 4) is 5.75 Å². The monoisotopic (exact) mass is 241 g/mol. The molecule has 0 aliphatic carbocycles. The molecule has 2 heteroatoms. The van der Waals surface area contributed by atoms with Gasteiger partial charge in [0.05, 0.1) is 0 Å². The van der Waals surface area contributed by atoms with Gasteiger partial charge in [-0.1, -0.05) is 29.8 Å². The van der Waals surface area contributed by atoms with E-state index in [1.165, 1.54) is 11.1 Å². The average Bonchev–Trinajstić information content (AvgIpc) is 2.32. The van der Waals surface area contributed by atoms with Crippen LogP contribution in [0.4, 0.5) is 5.69 Å². The molecular weight excluding hydrogens is 222 g/mol. The topological polar surface area (TPSA) is 32.3 Å². The molecule has 0 fully saturated rings. The standard InChI is InChI=1S/C16H19NO/c1-11-7-8-16(12(2)9-11)17-13(3)14-5-4-6-15(18)10-14/h4-10,13,17-18H,1-3H3. The second kappa shape index (κ2) is 5.13. The minimum absolute atomic E-state index is 0.165. The summed E-state index contributed by atoms with van der Waals surface area (Å²) >= 11 is 0. The predicted molar refractivity (Wildman–Crippen MR) is 76.1 cm³/mol. The molecule has 1 unspecified atom stereocenters. The fourth-order valence-electron chi connectivity index (χ4n) is 2.09. The molecule has 94 valence electrons. The van der Waals surface area contributed by atoms with E-state index in [4.69, 9.17) is 0 Å². The zero-order chi connectivity index (χ0) is 13.1. The number of hydrogen-bond donors (Lipinski definition) is 2. The Hall–Kier alpha value is -1.96. The van der Waals surface area contributed by atoms with Gasteiger partial charge in [-0.15, -0.1) is 0 Å². The van der Waals surface area contributed by atoms with Crippen LogP contribution in [0.1, 0.15) is 29.7 Å². The van der Waals surface area contributed by atoms with Gasteiger partial charge in [-0.3, -0.25) is 0 Å². The average molecular weight is 241 g/mol. The summed E-state index contributed by atoms with van der Waals surface area (Å²) in [6, 6.07) is 13.9. The lowest BCUT2D eigenvalue weighted by Crippen LogP contribution is -2.07. The molecule has 0 spiro atoms. The van der Waals surface area contributed by atoms with E-state index in [0.29, 0.717) is 5.75 Å². The van der Waals surface area contributed by atoms with Crippen LogP contribution in [0.5, 0.6) is 5.75 Å². The molecule has 2 N–H and O–H groups in total. The van der Waals surface area contributed by atoms with Gasteiger partial charge < -0.3 is 10.4 Å². The van der Waals surface area contributed by atoms with Crippen molar-refractivity contribution in [2.75, 3.05) is 5.32 Å². The predicted octanol–water partition coefficient (Wildman–Crippen LogP) is 4.18. The van der Waals surface area contributed by atoms with Gasteiger partial charge in [-0.05, 0) is 50.1 Å². The van der Waals surface area contributed by atoms with E-state index in [2.05, 4.69) is 44.3 Å². The van der Waals surface area contributed by atoms with Gasteiger partial charge in [0, 0.05) is 11.7 Å². The maximum absolute atomic E-state index is 9.49. The zero-order valence-electron chi connectivity index (χ0n) is 11.1. The van der Waals surface area contributed by atoms with Crippen molar-refractivity contribution in [3.05, 3.63) is 59.2 Å². The largest absolute Gasteiger partial charge is 0.508 e. The maximum atomic E-state index is 9.49. The number of anilines is 1. The fourth-order valence-corrected chi connectivity index (χ4v) is 2.09. The van der Waals surface area contributed by atoms with Gasteiger partial charge in [0.25, 0.3) is 0 Å². The van der Waals surface area contributed by atoms with Crippen LogP contribution in [0.15, 0.2) is 42.5 Å². The molecule has 0 saturated heterocycles. The van der Waals surface area contributed by atoms with E-state index in [1.807, 2.05) is 12.1 Å². The van der Waals surface area contributed by atoms with Gasteiger partial charge >= 0.3 is 0 Å². The molecule has 0 radical (unpaired) electrons. The van der Waals surface area contributed by atoms with Crippen molar-refractivity contribution in [1.82, 2.24) is 0 Å². The number of aromatic hydroxyl groups is 1. The first-order valence-electron chi connectivity index (χ1n) is 6.19. The molecule has 0 heterocycles. The first kappa shape index (κ1) is 12.5. The molecule has 0 amide bonds. The number of nitrogens with one attached hydrogen (secondary N) is 1. The molecule has 2 nitrogen and oxygen atoms in total. The second-order valence-electron chi connectivity index (χ2n) is 4.78. The van der Waals surface area contributed by atoms with Crippen LogP contribution in [0.3, 0.4) is 0 Å². The van der Waals surface area contributed by atoms with Crippen molar-refractivity contribution < 1.29 is 5.11 Å². The lowest BCUT2D eigenvalue weighted by Gasteiger charge is -2.18. The minimum atomic E-state index is 0.165. The highest BCUT2D eigenvalue weighted by atomic mass is 16.3. The highest BCUT2D eigenvalue weighted by molar-refractivity contribution is 5.53. The molecule has 0 bridgehead atoms. The quantitative estimate of drug-likeness (QED) is 0.844. The summed E-state index contributed by atoms with van der Waals surface area (Å²) in [5.74, 6) is 0.307. The van der Waals surface area contributed by atoms with Crippen molar-refractivity contribution in [3.63, 3.8) is 0 Å². The van der Waals surface area contributed by atoms with Gasteiger partial charge in [-0.25, -0.2) is 0 Å². The molecule has 2 aromatic rings. The summed E-state index contributed by atoms with van der Waals surface area (Å²) in [4.78, 5) is 0. The normalized spacial score (nSPS) is 12.2. The van der Waals surface area contributed by atoms with Crippen LogP contribution in [0.2, 0.25) is 0 Å². The summed E-state index contributed by atoms with van der Waals surface area (Å²) < 4.78 is 0. The number of rotatable bonds is 3. The van der Waals surface area contributed by atoms with Gasteiger partial charge in [-0.2, -0.15) is 0 Å². The van der Waals surface area contributed by atoms with Gasteiger partial charge in [0.15, 0.2) is 0 Å². The molecule has 0 aliphatic heterocycles. The lowest BCUT2D eigenvalue weighted by atomic mass is 10.1. The van der Waals surface area contributed by atoms with E-state index in [0.717, 1.165) is 11.3 Å². The molecule has 0 aliphatic rings. The van der Waals surface area contributed by atoms with Crippen molar-refractivity contribution in [2.24, 2.45) is 0 Å². The first-order chi connectivity index (χ1) is 8.56. The Labute approximate surface area is 108 Å². The smallest absolute Gasteiger partial charge is 0.115 e. The molecule has 1 atom stereocenters. The molecule has 0 aromatic heterocycles. The zero-order valence-corrected chi connectivity index (χ0v) is 11.1. The summed E-state index contributed by atoms with van der Waals surface area (Å²) in [6.45, 7) is 6.29. The Balaban J connectivity index is 2.18. The molecule has 0 saturated carbocycles. The van der Waals surface area contributed by atoms with E-state index >= 15 is 0 Å². The van der Waals surface area contributed by atoms with Gasteiger partial charge in [0.1, 0.15) is 5.75 Å². The van der Waals surface area contributed by atoms with E-state index in [-0.39, 0.29) is 6.04 Å². The van der Waals surface area contributed by atoms with Crippen molar-refractivity contribution >= 4 is 5.69 Å². The number of phenols is 1. The van der Waals surface area contributed by atoms with Crippen LogP contribution in [0, 0.1) is 13.8 Å². The van der Waals surface area contributed by atoms with Crippen LogP contribution < -0.4 is 5.32 Å². The first-order valence-corrected chi connectivity index (χ1v) is 6.19. The number of benzene rings is 2. The highest BCUT2D eigenvalue weighted by Crippen LogP contribution is 2.24. The van der Waals surface area contributed by atoms with Crippen LogP contribution >= 0.6 is 0 Å². The molecular formula is C16H19NO. The molecule has 2 rings (SSSR count). The Morgan fingerprint density at radius 1 is 1.06 bits per heavy atom. The van der Waals surface area contributed by atoms with E-state index in [9.17, 15) is 5.11 Å². The van der Waals surface area contributed by atoms with Gasteiger partial charge in [0.2, 0.25) is 0 Å². The molecule has 2 aromatic carbocycles. The SMILES string of the molecule is Cc1ccc(NC(C)c2cccc(O)c2)c(C)c1. The summed E-state index contributed by atoms with van der Waals surface area (Å²) in [7, 11) is 0. The second-order valence-corrected chi connectivity index (χ2v) is 4.78. The Morgan fingerprint density at radius 3 is 2.50 bits per heavy atom. The van der Waals surface area contributed by atoms with E-state index < -0.39 is 0 Å². The van der Waals surface area contributed by atoms with E-state index in [1.54, 1.807) is 12.1 Å². The fraction of sp³-hybridized carbons (Fsp3) is 0.250. The highest BCUT2D eigenvalue weighted by Gasteiger charge is 2.07. The van der Waals surface area contributed by atoms with Crippen molar-refractivity contribution in [1.29, 1.82) is 0 Å². The van der Waals surface area contributed by atoms with Crippen LogP contribution in [0.25, 0.3) is 0 Å². The number of phenolic OH excluding ortho intramolecular Hbond substituents is 1. The minimum Gasteiger partial charge on any atom is -0.508 e. The Bertz CT molecular complexity index is 549. The Morgan fingerprint density at radius 2 is 1.83 bits per heavy atom. The maximum Gasteiger partial charge on any atom is 0.115 e.